The van der Waals surface area contributed by atoms with E-state index in [4.69, 9.17) is 23.2 Å². The number of carbonyl (C=O) groups excluding carboxylic acids is 1. The van der Waals surface area contributed by atoms with E-state index in [1.54, 1.807) is 24.3 Å². The summed E-state index contributed by atoms with van der Waals surface area (Å²) < 4.78 is 0. The minimum absolute atomic E-state index is 0.185. The quantitative estimate of drug-likeness (QED) is 0.825. The lowest BCUT2D eigenvalue weighted by Crippen LogP contribution is -2.14. The molecule has 2 N–H and O–H groups in total. The van der Waals surface area contributed by atoms with Gasteiger partial charge in [-0.05, 0) is 18.2 Å². The van der Waals surface area contributed by atoms with Crippen LogP contribution in [-0.4, -0.2) is 22.4 Å². The van der Waals surface area contributed by atoms with E-state index in [2.05, 4.69) is 27.2 Å². The van der Waals surface area contributed by atoms with Crippen LogP contribution in [0.1, 0.15) is 10.5 Å². The largest absolute Gasteiger partial charge is 0.365 e. The summed E-state index contributed by atoms with van der Waals surface area (Å²) in [6, 6.07) is 4.81. The van der Waals surface area contributed by atoms with Crippen LogP contribution in [0.3, 0.4) is 0 Å². The molecule has 1 aromatic carbocycles. The Morgan fingerprint density at radius 2 is 2.10 bits per heavy atom. The fraction of sp³-hybridized carbons (Fsp3) is 0.0714. The fourth-order valence-corrected chi connectivity index (χ4v) is 1.95. The van der Waals surface area contributed by atoms with Gasteiger partial charge in [0.15, 0.2) is 0 Å². The Bertz CT molecular complexity index is 659. The van der Waals surface area contributed by atoms with Crippen molar-refractivity contribution in [3.05, 3.63) is 59.0 Å². The highest BCUT2D eigenvalue weighted by atomic mass is 35.5. The molecule has 0 spiro atoms. The van der Waals surface area contributed by atoms with Gasteiger partial charge in [0.1, 0.15) is 11.5 Å². The Balaban J connectivity index is 2.07. The third-order valence-electron chi connectivity index (χ3n) is 2.49. The number of halogens is 2. The van der Waals surface area contributed by atoms with E-state index in [0.717, 1.165) is 0 Å². The van der Waals surface area contributed by atoms with Crippen LogP contribution in [0.25, 0.3) is 0 Å². The molecule has 0 aliphatic rings. The number of carbonyl (C=O) groups is 1. The Morgan fingerprint density at radius 1 is 1.29 bits per heavy atom. The highest BCUT2D eigenvalue weighted by Gasteiger charge is 2.10. The summed E-state index contributed by atoms with van der Waals surface area (Å²) in [5.74, 6) is 0.165. The van der Waals surface area contributed by atoms with Crippen molar-refractivity contribution in [2.45, 2.75) is 0 Å². The molecule has 0 saturated heterocycles. The van der Waals surface area contributed by atoms with Crippen LogP contribution >= 0.6 is 23.2 Å². The van der Waals surface area contributed by atoms with Crippen LogP contribution in [0, 0.1) is 0 Å². The van der Waals surface area contributed by atoms with Gasteiger partial charge in [0.05, 0.1) is 23.1 Å². The molecule has 21 heavy (non-hydrogen) atoms. The number of hydrogen-bond donors (Lipinski definition) is 2. The average Bonchev–Trinajstić information content (AvgIpc) is 2.48. The molecule has 0 aliphatic heterocycles. The van der Waals surface area contributed by atoms with E-state index in [0.29, 0.717) is 28.1 Å². The summed E-state index contributed by atoms with van der Waals surface area (Å²) in [5.41, 5.74) is 0.645. The second-order valence-corrected chi connectivity index (χ2v) is 4.88. The topological polar surface area (TPSA) is 66.9 Å². The summed E-state index contributed by atoms with van der Waals surface area (Å²) in [7, 11) is 0. The van der Waals surface area contributed by atoms with E-state index in [9.17, 15) is 4.79 Å². The number of amides is 1. The van der Waals surface area contributed by atoms with Crippen molar-refractivity contribution in [2.75, 3.05) is 17.2 Å². The minimum atomic E-state index is -0.401. The van der Waals surface area contributed by atoms with Gasteiger partial charge in [-0.15, -0.1) is 6.58 Å². The molecule has 0 bridgehead atoms. The van der Waals surface area contributed by atoms with E-state index in [-0.39, 0.29) is 5.69 Å². The Hall–Kier alpha value is -2.11. The number of anilines is 2. The summed E-state index contributed by atoms with van der Waals surface area (Å²) in [6.07, 6.45) is 4.55. The third kappa shape index (κ3) is 4.18. The smallest absolute Gasteiger partial charge is 0.275 e. The molecule has 2 rings (SSSR count). The lowest BCUT2D eigenvalue weighted by atomic mass is 10.3. The van der Waals surface area contributed by atoms with Crippen LogP contribution in [0.15, 0.2) is 43.2 Å². The van der Waals surface area contributed by atoms with Gasteiger partial charge in [-0.3, -0.25) is 4.79 Å². The molecule has 5 nitrogen and oxygen atoms in total. The highest BCUT2D eigenvalue weighted by Crippen LogP contribution is 2.25. The first kappa shape index (κ1) is 15.3. The first-order chi connectivity index (χ1) is 10.1. The number of rotatable bonds is 5. The molecule has 0 unspecified atom stereocenters. The van der Waals surface area contributed by atoms with Gasteiger partial charge < -0.3 is 10.6 Å². The minimum Gasteiger partial charge on any atom is -0.365 e. The van der Waals surface area contributed by atoms with Crippen molar-refractivity contribution >= 4 is 40.6 Å². The van der Waals surface area contributed by atoms with Gasteiger partial charge >= 0.3 is 0 Å². The number of nitrogens with zero attached hydrogens (tertiary/aromatic N) is 2. The van der Waals surface area contributed by atoms with Crippen LogP contribution in [-0.2, 0) is 0 Å². The summed E-state index contributed by atoms with van der Waals surface area (Å²) in [4.78, 5) is 20.1. The first-order valence-corrected chi connectivity index (χ1v) is 6.79. The monoisotopic (exact) mass is 322 g/mol. The lowest BCUT2D eigenvalue weighted by Gasteiger charge is -2.07. The average molecular weight is 323 g/mol. The maximum absolute atomic E-state index is 12.0. The van der Waals surface area contributed by atoms with Crippen molar-refractivity contribution in [3.8, 4) is 0 Å². The van der Waals surface area contributed by atoms with Crippen LogP contribution in [0.2, 0.25) is 10.0 Å². The number of hydrogen-bond acceptors (Lipinski definition) is 4. The molecule has 1 aromatic heterocycles. The van der Waals surface area contributed by atoms with Gasteiger partial charge in [-0.1, -0.05) is 29.3 Å². The molecule has 0 saturated carbocycles. The van der Waals surface area contributed by atoms with Crippen molar-refractivity contribution in [2.24, 2.45) is 0 Å². The molecule has 0 atom stereocenters. The molecule has 0 radical (unpaired) electrons. The van der Waals surface area contributed by atoms with Crippen molar-refractivity contribution in [3.63, 3.8) is 0 Å². The normalized spacial score (nSPS) is 10.0. The van der Waals surface area contributed by atoms with E-state index < -0.39 is 5.91 Å². The molecular weight excluding hydrogens is 311 g/mol. The molecule has 7 heteroatoms. The third-order valence-corrected chi connectivity index (χ3v) is 3.04. The Labute approximate surface area is 132 Å². The number of nitrogens with one attached hydrogen (secondary N) is 2. The Kier molecular flexibility index (Phi) is 5.14. The second-order valence-electron chi connectivity index (χ2n) is 4.03. The highest BCUT2D eigenvalue weighted by molar-refractivity contribution is 6.36. The zero-order chi connectivity index (χ0) is 15.2. The van der Waals surface area contributed by atoms with E-state index in [1.807, 2.05) is 0 Å². The first-order valence-electron chi connectivity index (χ1n) is 6.03. The summed E-state index contributed by atoms with van der Waals surface area (Å²) in [6.45, 7) is 4.16. The van der Waals surface area contributed by atoms with Crippen molar-refractivity contribution in [1.29, 1.82) is 0 Å². The zero-order valence-electron chi connectivity index (χ0n) is 10.9. The lowest BCUT2D eigenvalue weighted by molar-refractivity contribution is 0.102. The SMILES string of the molecule is C=CCNc1cnc(C(=O)Nc2ccc(Cl)cc2Cl)cn1. The summed E-state index contributed by atoms with van der Waals surface area (Å²) >= 11 is 11.8. The number of aromatic nitrogens is 2. The van der Waals surface area contributed by atoms with E-state index in [1.165, 1.54) is 12.4 Å². The maximum Gasteiger partial charge on any atom is 0.275 e. The Morgan fingerprint density at radius 3 is 2.71 bits per heavy atom. The van der Waals surface area contributed by atoms with Crippen LogP contribution < -0.4 is 10.6 Å². The molecule has 1 amide bonds. The van der Waals surface area contributed by atoms with Gasteiger partial charge in [0, 0.05) is 11.6 Å². The molecule has 108 valence electrons. The van der Waals surface area contributed by atoms with Crippen LogP contribution in [0.4, 0.5) is 11.5 Å². The predicted octanol–water partition coefficient (Wildman–Crippen LogP) is 3.63. The van der Waals surface area contributed by atoms with Crippen LogP contribution in [0.5, 0.6) is 0 Å². The second kappa shape index (κ2) is 7.06. The molecule has 0 aliphatic carbocycles. The number of benzene rings is 1. The van der Waals surface area contributed by atoms with Crippen molar-refractivity contribution in [1.82, 2.24) is 9.97 Å². The van der Waals surface area contributed by atoms with Gasteiger partial charge in [-0.25, -0.2) is 9.97 Å². The zero-order valence-corrected chi connectivity index (χ0v) is 12.4. The van der Waals surface area contributed by atoms with Crippen molar-refractivity contribution < 1.29 is 4.79 Å². The molecule has 1 heterocycles. The maximum atomic E-state index is 12.0. The predicted molar refractivity (Wildman–Crippen MR) is 85.1 cm³/mol. The molecule has 0 fully saturated rings. The fourth-order valence-electron chi connectivity index (χ4n) is 1.49. The molecular formula is C14H12Cl2N4O. The van der Waals surface area contributed by atoms with E-state index >= 15 is 0 Å². The standard InChI is InChI=1S/C14H12Cl2N4O/c1-2-5-17-13-8-18-12(7-19-13)14(21)20-11-4-3-9(15)6-10(11)16/h2-4,6-8H,1,5H2,(H,17,19)(H,20,21). The van der Waals surface area contributed by atoms with Gasteiger partial charge in [-0.2, -0.15) is 0 Å². The summed E-state index contributed by atoms with van der Waals surface area (Å²) in [5, 5.41) is 6.46. The molecule has 2 aromatic rings. The van der Waals surface area contributed by atoms with Gasteiger partial charge in [0.25, 0.3) is 5.91 Å². The van der Waals surface area contributed by atoms with Gasteiger partial charge in [0.2, 0.25) is 0 Å².